The highest BCUT2D eigenvalue weighted by Crippen LogP contribution is 2.24. The molecule has 2 rings (SSSR count). The molecule has 0 bridgehead atoms. The number of benzene rings is 1. The van der Waals surface area contributed by atoms with Crippen LogP contribution in [0.15, 0.2) is 41.7 Å². The molecular weight excluding hydrogens is 186 g/mol. The summed E-state index contributed by atoms with van der Waals surface area (Å²) in [5.41, 5.74) is 10.2. The Morgan fingerprint density at radius 3 is 2.40 bits per heavy atom. The molecular formula is C12H17N3. The molecule has 15 heavy (non-hydrogen) atoms. The predicted molar refractivity (Wildman–Crippen MR) is 62.8 cm³/mol. The maximum absolute atomic E-state index is 3.21. The maximum atomic E-state index is 3.21. The lowest BCUT2D eigenvalue weighted by atomic mass is 10.2. The number of nitrogens with one attached hydrogen (secondary N) is 2. The summed E-state index contributed by atoms with van der Waals surface area (Å²) in [6.45, 7) is 4.34. The van der Waals surface area contributed by atoms with Crippen LogP contribution in [0.3, 0.4) is 0 Å². The summed E-state index contributed by atoms with van der Waals surface area (Å²) < 4.78 is 0. The average molecular weight is 203 g/mol. The number of hydrogen-bond donors (Lipinski definition) is 2. The van der Waals surface area contributed by atoms with Gasteiger partial charge in [-0.05, 0) is 25.0 Å². The van der Waals surface area contributed by atoms with Crippen molar-refractivity contribution in [1.82, 2.24) is 11.0 Å². The van der Waals surface area contributed by atoms with E-state index in [0.29, 0.717) is 0 Å². The second-order valence-electron chi connectivity index (χ2n) is 3.54. The van der Waals surface area contributed by atoms with Crippen LogP contribution in [0.4, 0.5) is 5.69 Å². The predicted octanol–water partition coefficient (Wildman–Crippen LogP) is 2.55. The first-order chi connectivity index (χ1) is 7.36. The number of hydrogen-bond acceptors (Lipinski definition) is 3. The van der Waals surface area contributed by atoms with Crippen molar-refractivity contribution in [2.45, 2.75) is 26.7 Å². The first kappa shape index (κ1) is 10.1. The van der Waals surface area contributed by atoms with Gasteiger partial charge in [0.1, 0.15) is 0 Å². The van der Waals surface area contributed by atoms with Crippen LogP contribution in [0.5, 0.6) is 0 Å². The van der Waals surface area contributed by atoms with Gasteiger partial charge in [-0.1, -0.05) is 32.0 Å². The van der Waals surface area contributed by atoms with E-state index in [1.807, 2.05) is 18.2 Å². The standard InChI is InChI=1S/C12H17N3/c1-3-11-12(4-2)15(14-13-11)10-8-6-5-7-9-10/h5-9,13-14H,3-4H2,1-2H3. The Morgan fingerprint density at radius 2 is 1.80 bits per heavy atom. The quantitative estimate of drug-likeness (QED) is 0.790. The van der Waals surface area contributed by atoms with Crippen molar-refractivity contribution in [3.05, 3.63) is 41.7 Å². The van der Waals surface area contributed by atoms with Crippen LogP contribution < -0.4 is 16.0 Å². The van der Waals surface area contributed by atoms with Crippen molar-refractivity contribution < 1.29 is 0 Å². The molecule has 0 unspecified atom stereocenters. The van der Waals surface area contributed by atoms with Crippen molar-refractivity contribution in [2.24, 2.45) is 0 Å². The molecule has 0 saturated carbocycles. The second kappa shape index (κ2) is 4.36. The second-order valence-corrected chi connectivity index (χ2v) is 3.54. The van der Waals surface area contributed by atoms with Gasteiger partial charge in [-0.2, -0.15) is 0 Å². The average Bonchev–Trinajstić information content (AvgIpc) is 2.72. The Balaban J connectivity index is 2.29. The third kappa shape index (κ3) is 1.83. The molecule has 1 aromatic rings. The van der Waals surface area contributed by atoms with Crippen LogP contribution in [0.1, 0.15) is 26.7 Å². The fourth-order valence-corrected chi connectivity index (χ4v) is 1.86. The van der Waals surface area contributed by atoms with Crippen LogP contribution in [-0.2, 0) is 0 Å². The van der Waals surface area contributed by atoms with Gasteiger partial charge in [0.05, 0.1) is 11.4 Å². The summed E-state index contributed by atoms with van der Waals surface area (Å²) in [4.78, 5) is 0. The minimum atomic E-state index is 1.03. The lowest BCUT2D eigenvalue weighted by Gasteiger charge is -2.20. The van der Waals surface area contributed by atoms with Gasteiger partial charge in [0.25, 0.3) is 0 Å². The summed E-state index contributed by atoms with van der Waals surface area (Å²) in [7, 11) is 0. The molecule has 0 fully saturated rings. The van der Waals surface area contributed by atoms with Gasteiger partial charge in [-0.15, -0.1) is 5.53 Å². The van der Waals surface area contributed by atoms with Crippen LogP contribution in [-0.4, -0.2) is 0 Å². The number of rotatable bonds is 3. The van der Waals surface area contributed by atoms with E-state index in [0.717, 1.165) is 12.8 Å². The number of nitrogens with zero attached hydrogens (tertiary/aromatic N) is 1. The molecule has 80 valence electrons. The highest BCUT2D eigenvalue weighted by Gasteiger charge is 2.19. The fourth-order valence-electron chi connectivity index (χ4n) is 1.86. The number of allylic oxidation sites excluding steroid dienone is 2. The summed E-state index contributed by atoms with van der Waals surface area (Å²) in [6.07, 6.45) is 2.05. The minimum Gasteiger partial charge on any atom is -0.306 e. The lowest BCUT2D eigenvalue weighted by molar-refractivity contribution is 0.641. The zero-order valence-corrected chi connectivity index (χ0v) is 9.25. The number of anilines is 1. The fraction of sp³-hybridized carbons (Fsp3) is 0.333. The van der Waals surface area contributed by atoms with Gasteiger partial charge >= 0.3 is 0 Å². The van der Waals surface area contributed by atoms with Crippen LogP contribution in [0.25, 0.3) is 0 Å². The Kier molecular flexibility index (Phi) is 2.92. The van der Waals surface area contributed by atoms with E-state index >= 15 is 0 Å². The maximum Gasteiger partial charge on any atom is 0.0592 e. The Bertz CT molecular complexity index is 356. The molecule has 1 heterocycles. The SMILES string of the molecule is CCC1=C(CC)N(c2ccccc2)NN1. The highest BCUT2D eigenvalue weighted by molar-refractivity contribution is 5.52. The summed E-state index contributed by atoms with van der Waals surface area (Å²) in [5.74, 6) is 0. The third-order valence-electron chi connectivity index (χ3n) is 2.64. The molecule has 0 amide bonds. The summed E-state index contributed by atoms with van der Waals surface area (Å²) >= 11 is 0. The molecule has 1 aromatic carbocycles. The Hall–Kier alpha value is -1.48. The van der Waals surface area contributed by atoms with E-state index in [4.69, 9.17) is 0 Å². The van der Waals surface area contributed by atoms with E-state index in [-0.39, 0.29) is 0 Å². The monoisotopic (exact) mass is 203 g/mol. The molecule has 0 aliphatic carbocycles. The van der Waals surface area contributed by atoms with Gasteiger partial charge in [0.2, 0.25) is 0 Å². The molecule has 0 saturated heterocycles. The third-order valence-corrected chi connectivity index (χ3v) is 2.64. The van der Waals surface area contributed by atoms with Gasteiger partial charge < -0.3 is 5.43 Å². The van der Waals surface area contributed by atoms with Crippen molar-refractivity contribution in [2.75, 3.05) is 5.01 Å². The van der Waals surface area contributed by atoms with Gasteiger partial charge in [-0.3, -0.25) is 5.01 Å². The van der Waals surface area contributed by atoms with E-state index in [9.17, 15) is 0 Å². The summed E-state index contributed by atoms with van der Waals surface area (Å²) in [5, 5.41) is 2.11. The Labute approximate surface area is 90.7 Å². The topological polar surface area (TPSA) is 27.3 Å². The number of hydrazine groups is 2. The lowest BCUT2D eigenvalue weighted by Crippen LogP contribution is -2.37. The van der Waals surface area contributed by atoms with Crippen LogP contribution in [0.2, 0.25) is 0 Å². The van der Waals surface area contributed by atoms with Gasteiger partial charge in [-0.25, -0.2) is 0 Å². The van der Waals surface area contributed by atoms with Crippen LogP contribution >= 0.6 is 0 Å². The molecule has 0 radical (unpaired) electrons. The number of para-hydroxylation sites is 1. The molecule has 1 aliphatic rings. The van der Waals surface area contributed by atoms with Crippen molar-refractivity contribution in [1.29, 1.82) is 0 Å². The molecule has 3 heteroatoms. The zero-order chi connectivity index (χ0) is 10.7. The van der Waals surface area contributed by atoms with Crippen molar-refractivity contribution in [3.63, 3.8) is 0 Å². The van der Waals surface area contributed by atoms with E-state index in [1.54, 1.807) is 0 Å². The normalized spacial score (nSPS) is 15.7. The molecule has 0 atom stereocenters. The minimum absolute atomic E-state index is 1.03. The smallest absolute Gasteiger partial charge is 0.0592 e. The molecule has 1 aliphatic heterocycles. The molecule has 0 aromatic heterocycles. The first-order valence-electron chi connectivity index (χ1n) is 5.45. The van der Waals surface area contributed by atoms with Crippen LogP contribution in [0, 0.1) is 0 Å². The van der Waals surface area contributed by atoms with E-state index in [2.05, 4.69) is 41.9 Å². The summed E-state index contributed by atoms with van der Waals surface area (Å²) in [6, 6.07) is 10.3. The van der Waals surface area contributed by atoms with E-state index in [1.165, 1.54) is 17.1 Å². The van der Waals surface area contributed by atoms with Gasteiger partial charge in [0, 0.05) is 5.70 Å². The zero-order valence-electron chi connectivity index (χ0n) is 9.25. The highest BCUT2D eigenvalue weighted by atomic mass is 15.7. The van der Waals surface area contributed by atoms with Gasteiger partial charge in [0.15, 0.2) is 0 Å². The van der Waals surface area contributed by atoms with E-state index < -0.39 is 0 Å². The first-order valence-corrected chi connectivity index (χ1v) is 5.45. The van der Waals surface area contributed by atoms with Crippen molar-refractivity contribution >= 4 is 5.69 Å². The van der Waals surface area contributed by atoms with Crippen molar-refractivity contribution in [3.8, 4) is 0 Å². The molecule has 2 N–H and O–H groups in total. The Morgan fingerprint density at radius 1 is 1.07 bits per heavy atom. The molecule has 0 spiro atoms. The largest absolute Gasteiger partial charge is 0.306 e. The molecule has 3 nitrogen and oxygen atoms in total.